The van der Waals surface area contributed by atoms with Crippen LogP contribution < -0.4 is 0 Å². The van der Waals surface area contributed by atoms with Crippen molar-refractivity contribution in [3.8, 4) is 11.1 Å². The Hall–Kier alpha value is -3.60. The van der Waals surface area contributed by atoms with E-state index in [0.717, 1.165) is 16.7 Å². The second kappa shape index (κ2) is 9.27. The van der Waals surface area contributed by atoms with Gasteiger partial charge >= 0.3 is 6.09 Å². The predicted octanol–water partition coefficient (Wildman–Crippen LogP) is 5.40. The average molecular weight is 400 g/mol. The third kappa shape index (κ3) is 4.51. The molecule has 1 aliphatic heterocycles. The fraction of sp³-hybridized carbons (Fsp3) is 0.200. The first-order valence-electron chi connectivity index (χ1n) is 10.1. The van der Waals surface area contributed by atoms with Crippen molar-refractivity contribution in [3.05, 3.63) is 95.6 Å². The molecule has 0 atom stereocenters. The SMILES string of the molecule is CCO/C(=N\C(=O)OCc1ccccc1)N1Cc2ccccc2-c2ccccc2C1. The molecule has 1 aliphatic rings. The van der Waals surface area contributed by atoms with Crippen LogP contribution in [0, 0.1) is 0 Å². The van der Waals surface area contributed by atoms with Gasteiger partial charge in [0.25, 0.3) is 6.02 Å². The smallest absolute Gasteiger partial charge is 0.438 e. The molecule has 3 aromatic carbocycles. The number of aliphatic imine (C=N–C) groups is 1. The molecular formula is C25H24N2O3. The summed E-state index contributed by atoms with van der Waals surface area (Å²) in [5.41, 5.74) is 5.62. The molecule has 0 saturated heterocycles. The molecule has 5 nitrogen and oxygen atoms in total. The minimum atomic E-state index is -0.659. The lowest BCUT2D eigenvalue weighted by molar-refractivity contribution is 0.147. The van der Waals surface area contributed by atoms with Gasteiger partial charge in [-0.2, -0.15) is 0 Å². The number of hydrogen-bond donors (Lipinski definition) is 0. The maximum Gasteiger partial charge on any atom is 0.438 e. The van der Waals surface area contributed by atoms with E-state index in [1.807, 2.05) is 66.4 Å². The third-order valence-corrected chi connectivity index (χ3v) is 4.98. The number of fused-ring (bicyclic) bond motifs is 3. The number of benzene rings is 3. The van der Waals surface area contributed by atoms with E-state index in [9.17, 15) is 4.79 Å². The van der Waals surface area contributed by atoms with Crippen molar-refractivity contribution in [2.75, 3.05) is 6.61 Å². The lowest BCUT2D eigenvalue weighted by Gasteiger charge is -2.24. The number of hydrogen-bond acceptors (Lipinski definition) is 3. The summed E-state index contributed by atoms with van der Waals surface area (Å²) < 4.78 is 11.1. The largest absolute Gasteiger partial charge is 0.465 e. The van der Waals surface area contributed by atoms with Gasteiger partial charge in [-0.1, -0.05) is 78.9 Å². The Kier molecular flexibility index (Phi) is 6.09. The zero-order valence-electron chi connectivity index (χ0n) is 17.0. The number of carbonyl (C=O) groups excluding carboxylic acids is 1. The summed E-state index contributed by atoms with van der Waals surface area (Å²) in [5, 5.41) is 0. The number of amides is 1. The fourth-order valence-electron chi connectivity index (χ4n) is 3.60. The molecule has 0 saturated carbocycles. The summed E-state index contributed by atoms with van der Waals surface area (Å²) in [5.74, 6) is 0. The van der Waals surface area contributed by atoms with E-state index in [0.29, 0.717) is 19.7 Å². The van der Waals surface area contributed by atoms with Crippen LogP contribution in [0.2, 0.25) is 0 Å². The topological polar surface area (TPSA) is 51.1 Å². The van der Waals surface area contributed by atoms with Gasteiger partial charge in [-0.25, -0.2) is 4.79 Å². The molecule has 152 valence electrons. The Morgan fingerprint density at radius 2 is 1.40 bits per heavy atom. The van der Waals surface area contributed by atoms with E-state index >= 15 is 0 Å². The summed E-state index contributed by atoms with van der Waals surface area (Å²) in [7, 11) is 0. The Labute approximate surface area is 176 Å². The van der Waals surface area contributed by atoms with Crippen molar-refractivity contribution < 1.29 is 14.3 Å². The number of nitrogens with zero attached hydrogens (tertiary/aromatic N) is 2. The highest BCUT2D eigenvalue weighted by Gasteiger charge is 2.23. The molecule has 4 rings (SSSR count). The van der Waals surface area contributed by atoms with Crippen LogP contribution in [0.3, 0.4) is 0 Å². The van der Waals surface area contributed by atoms with Crippen molar-refractivity contribution in [2.45, 2.75) is 26.6 Å². The molecule has 0 aromatic heterocycles. The number of rotatable bonds is 3. The maximum atomic E-state index is 12.4. The first-order valence-corrected chi connectivity index (χ1v) is 10.1. The molecule has 5 heteroatoms. The van der Waals surface area contributed by atoms with Gasteiger partial charge in [0.2, 0.25) is 0 Å². The lowest BCUT2D eigenvalue weighted by atomic mass is 9.97. The van der Waals surface area contributed by atoms with Crippen LogP contribution in [0.5, 0.6) is 0 Å². The summed E-state index contributed by atoms with van der Waals surface area (Å²) in [6, 6.07) is 26.4. The van der Waals surface area contributed by atoms with Crippen molar-refractivity contribution >= 4 is 12.1 Å². The van der Waals surface area contributed by atoms with Crippen molar-refractivity contribution in [3.63, 3.8) is 0 Å². The second-order valence-electron chi connectivity index (χ2n) is 7.04. The van der Waals surface area contributed by atoms with E-state index < -0.39 is 6.09 Å². The van der Waals surface area contributed by atoms with Crippen LogP contribution >= 0.6 is 0 Å². The maximum absolute atomic E-state index is 12.4. The summed E-state index contributed by atoms with van der Waals surface area (Å²) in [6.07, 6.45) is -0.659. The molecule has 0 aliphatic carbocycles. The molecule has 0 unspecified atom stereocenters. The van der Waals surface area contributed by atoms with Crippen LogP contribution in [0.25, 0.3) is 11.1 Å². The molecular weight excluding hydrogens is 376 g/mol. The summed E-state index contributed by atoms with van der Waals surface area (Å²) >= 11 is 0. The van der Waals surface area contributed by atoms with Gasteiger partial charge in [0.1, 0.15) is 6.61 Å². The zero-order valence-corrected chi connectivity index (χ0v) is 17.0. The Morgan fingerprint density at radius 1 is 0.833 bits per heavy atom. The standard InChI is InChI=1S/C25H24N2O3/c1-2-29-24(26-25(28)30-18-19-10-4-3-5-11-19)27-16-20-12-6-8-14-22(20)23-15-9-7-13-21(23)17-27/h3-15H,2,16-18H2,1H3/b26-24-. The van der Waals surface area contributed by atoms with Crippen LogP contribution in [0.15, 0.2) is 83.9 Å². The fourth-order valence-corrected chi connectivity index (χ4v) is 3.60. The molecule has 1 amide bonds. The highest BCUT2D eigenvalue weighted by molar-refractivity contribution is 5.87. The normalized spacial score (nSPS) is 13.1. The Balaban J connectivity index is 1.59. The monoisotopic (exact) mass is 400 g/mol. The van der Waals surface area contributed by atoms with Gasteiger partial charge in [-0.15, -0.1) is 4.99 Å². The van der Waals surface area contributed by atoms with Crippen LogP contribution in [0.1, 0.15) is 23.6 Å². The quantitative estimate of drug-likeness (QED) is 0.436. The lowest BCUT2D eigenvalue weighted by Crippen LogP contribution is -2.32. The molecule has 0 radical (unpaired) electrons. The van der Waals surface area contributed by atoms with Crippen molar-refractivity contribution in [2.24, 2.45) is 4.99 Å². The van der Waals surface area contributed by atoms with Gasteiger partial charge in [0.15, 0.2) is 0 Å². The van der Waals surface area contributed by atoms with Gasteiger partial charge < -0.3 is 14.4 Å². The van der Waals surface area contributed by atoms with Gasteiger partial charge in [0.05, 0.1) is 6.61 Å². The number of carbonyl (C=O) groups is 1. The molecule has 3 aromatic rings. The molecule has 30 heavy (non-hydrogen) atoms. The number of ether oxygens (including phenoxy) is 2. The van der Waals surface area contributed by atoms with Gasteiger partial charge in [-0.05, 0) is 34.7 Å². The van der Waals surface area contributed by atoms with Gasteiger partial charge in [0, 0.05) is 13.1 Å². The van der Waals surface area contributed by atoms with Crippen LogP contribution in [0.4, 0.5) is 4.79 Å². The van der Waals surface area contributed by atoms with Crippen molar-refractivity contribution in [1.29, 1.82) is 0 Å². The Bertz CT molecular complexity index is 1000. The minimum absolute atomic E-state index is 0.175. The van der Waals surface area contributed by atoms with Crippen LogP contribution in [-0.4, -0.2) is 23.6 Å². The molecule has 0 spiro atoms. The van der Waals surface area contributed by atoms with E-state index in [1.54, 1.807) is 0 Å². The predicted molar refractivity (Wildman–Crippen MR) is 117 cm³/mol. The van der Waals surface area contributed by atoms with E-state index in [-0.39, 0.29) is 12.6 Å². The molecule has 0 bridgehead atoms. The first-order chi connectivity index (χ1) is 14.7. The van der Waals surface area contributed by atoms with E-state index in [2.05, 4.69) is 29.3 Å². The second-order valence-corrected chi connectivity index (χ2v) is 7.04. The molecule has 0 N–H and O–H groups in total. The zero-order chi connectivity index (χ0) is 20.8. The minimum Gasteiger partial charge on any atom is -0.465 e. The summed E-state index contributed by atoms with van der Waals surface area (Å²) in [6.45, 7) is 3.65. The molecule has 0 fully saturated rings. The summed E-state index contributed by atoms with van der Waals surface area (Å²) in [4.78, 5) is 18.5. The highest BCUT2D eigenvalue weighted by atomic mass is 16.6. The molecule has 1 heterocycles. The Morgan fingerprint density at radius 3 is 2.00 bits per heavy atom. The first kappa shape index (κ1) is 19.7. The van der Waals surface area contributed by atoms with Crippen LogP contribution in [-0.2, 0) is 29.2 Å². The third-order valence-electron chi connectivity index (χ3n) is 4.98. The number of amidine groups is 1. The van der Waals surface area contributed by atoms with E-state index in [1.165, 1.54) is 11.1 Å². The highest BCUT2D eigenvalue weighted by Crippen LogP contribution is 2.32. The van der Waals surface area contributed by atoms with Crippen molar-refractivity contribution in [1.82, 2.24) is 4.90 Å². The van der Waals surface area contributed by atoms with Gasteiger partial charge in [-0.3, -0.25) is 0 Å². The van der Waals surface area contributed by atoms with E-state index in [4.69, 9.17) is 9.47 Å². The average Bonchev–Trinajstić information content (AvgIpc) is 2.95.